The molecule has 2 N–H and O–H groups in total. The molecule has 3 nitrogen and oxygen atoms in total. The molecule has 1 rings (SSSR count). The zero-order chi connectivity index (χ0) is 10.7. The van der Waals surface area contributed by atoms with E-state index >= 15 is 0 Å². The van der Waals surface area contributed by atoms with Gasteiger partial charge in [0.25, 0.3) is 0 Å². The van der Waals surface area contributed by atoms with Crippen LogP contribution in [0.3, 0.4) is 0 Å². The average Bonchev–Trinajstić information content (AvgIpc) is 2.45. The van der Waals surface area contributed by atoms with Crippen molar-refractivity contribution in [3.63, 3.8) is 0 Å². The first-order chi connectivity index (χ1) is 6.54. The Bertz CT molecular complexity index is 333. The minimum absolute atomic E-state index is 0.223. The molecule has 14 heavy (non-hydrogen) atoms. The standard InChI is InChI=1S/C9H15N3S2/c1-5-8(14-7(3)11-5)6(2)12-9(13)10-4/h6H,1-4H3,(H2,10,12,13)/t6-/m1/s1. The molecule has 1 heterocycles. The number of thiocarbonyl (C=S) groups is 1. The SMILES string of the molecule is CNC(=S)N[C@H](C)c1sc(C)nc1C. The maximum absolute atomic E-state index is 5.04. The molecule has 1 aromatic heterocycles. The van der Waals surface area contributed by atoms with Gasteiger partial charge in [-0.25, -0.2) is 4.98 Å². The van der Waals surface area contributed by atoms with Gasteiger partial charge in [0.15, 0.2) is 5.11 Å². The van der Waals surface area contributed by atoms with Crippen LogP contribution in [-0.2, 0) is 0 Å². The van der Waals surface area contributed by atoms with E-state index in [0.29, 0.717) is 5.11 Å². The molecule has 1 atom stereocenters. The van der Waals surface area contributed by atoms with Gasteiger partial charge in [0.1, 0.15) is 0 Å². The van der Waals surface area contributed by atoms with E-state index < -0.39 is 0 Å². The van der Waals surface area contributed by atoms with Gasteiger partial charge in [-0.1, -0.05) is 0 Å². The first-order valence-electron chi connectivity index (χ1n) is 4.46. The fourth-order valence-electron chi connectivity index (χ4n) is 1.28. The van der Waals surface area contributed by atoms with Gasteiger partial charge in [-0.2, -0.15) is 0 Å². The lowest BCUT2D eigenvalue weighted by atomic mass is 10.2. The second-order valence-corrected chi connectivity index (χ2v) is 4.77. The number of nitrogens with zero attached hydrogens (tertiary/aromatic N) is 1. The summed E-state index contributed by atoms with van der Waals surface area (Å²) in [6.07, 6.45) is 0. The molecule has 0 radical (unpaired) electrons. The summed E-state index contributed by atoms with van der Waals surface area (Å²) in [5, 5.41) is 7.86. The van der Waals surface area contributed by atoms with Crippen LogP contribution in [-0.4, -0.2) is 17.1 Å². The maximum Gasteiger partial charge on any atom is 0.166 e. The molecule has 0 aliphatic rings. The normalized spacial score (nSPS) is 12.3. The van der Waals surface area contributed by atoms with Crippen LogP contribution in [0.5, 0.6) is 0 Å². The van der Waals surface area contributed by atoms with E-state index in [0.717, 1.165) is 10.7 Å². The van der Waals surface area contributed by atoms with Crippen LogP contribution in [0.15, 0.2) is 0 Å². The van der Waals surface area contributed by atoms with Crippen molar-refractivity contribution in [1.29, 1.82) is 0 Å². The molecule has 0 fully saturated rings. The van der Waals surface area contributed by atoms with Gasteiger partial charge in [0, 0.05) is 11.9 Å². The van der Waals surface area contributed by atoms with Crippen molar-refractivity contribution in [1.82, 2.24) is 15.6 Å². The summed E-state index contributed by atoms with van der Waals surface area (Å²) in [6.45, 7) is 6.13. The maximum atomic E-state index is 5.04. The zero-order valence-corrected chi connectivity index (χ0v) is 10.5. The molecule has 0 bridgehead atoms. The van der Waals surface area contributed by atoms with Crippen molar-refractivity contribution in [3.05, 3.63) is 15.6 Å². The smallest absolute Gasteiger partial charge is 0.166 e. The molecule has 0 spiro atoms. The van der Waals surface area contributed by atoms with Crippen LogP contribution >= 0.6 is 23.6 Å². The summed E-state index contributed by atoms with van der Waals surface area (Å²) in [5.74, 6) is 0. The first kappa shape index (κ1) is 11.4. The largest absolute Gasteiger partial charge is 0.366 e. The topological polar surface area (TPSA) is 37.0 Å². The van der Waals surface area contributed by atoms with E-state index in [-0.39, 0.29) is 6.04 Å². The summed E-state index contributed by atoms with van der Waals surface area (Å²) in [6, 6.07) is 0.223. The fraction of sp³-hybridized carbons (Fsp3) is 0.556. The van der Waals surface area contributed by atoms with Crippen LogP contribution in [0, 0.1) is 13.8 Å². The minimum Gasteiger partial charge on any atom is -0.366 e. The Morgan fingerprint density at radius 1 is 1.50 bits per heavy atom. The fourth-order valence-corrected chi connectivity index (χ4v) is 2.39. The first-order valence-corrected chi connectivity index (χ1v) is 5.69. The summed E-state index contributed by atoms with van der Waals surface area (Å²) in [4.78, 5) is 5.63. The van der Waals surface area contributed by atoms with E-state index in [9.17, 15) is 0 Å². The highest BCUT2D eigenvalue weighted by Gasteiger charge is 2.12. The van der Waals surface area contributed by atoms with Crippen molar-refractivity contribution in [2.45, 2.75) is 26.8 Å². The van der Waals surface area contributed by atoms with Crippen molar-refractivity contribution in [2.75, 3.05) is 7.05 Å². The molecular formula is C9H15N3S2. The highest BCUT2D eigenvalue weighted by Crippen LogP contribution is 2.24. The van der Waals surface area contributed by atoms with Gasteiger partial charge in [-0.15, -0.1) is 11.3 Å². The predicted octanol–water partition coefficient (Wildman–Crippen LogP) is 1.91. The Labute approximate surface area is 93.9 Å². The Hall–Kier alpha value is -0.680. The Kier molecular flexibility index (Phi) is 3.83. The third-order valence-corrected chi connectivity index (χ3v) is 3.48. The van der Waals surface area contributed by atoms with E-state index in [1.165, 1.54) is 4.88 Å². The third kappa shape index (κ3) is 2.65. The zero-order valence-electron chi connectivity index (χ0n) is 8.84. The lowest BCUT2D eigenvalue weighted by molar-refractivity contribution is 0.716. The van der Waals surface area contributed by atoms with Crippen molar-refractivity contribution in [2.24, 2.45) is 0 Å². The number of hydrogen-bond donors (Lipinski definition) is 2. The molecule has 0 saturated carbocycles. The van der Waals surface area contributed by atoms with Crippen LogP contribution in [0.2, 0.25) is 0 Å². The summed E-state index contributed by atoms with van der Waals surface area (Å²) >= 11 is 6.76. The molecule has 0 amide bonds. The quantitative estimate of drug-likeness (QED) is 0.760. The van der Waals surface area contributed by atoms with Crippen LogP contribution in [0.1, 0.15) is 28.5 Å². The third-order valence-electron chi connectivity index (χ3n) is 1.91. The van der Waals surface area contributed by atoms with Gasteiger partial charge < -0.3 is 10.6 Å². The number of hydrogen-bond acceptors (Lipinski definition) is 3. The second kappa shape index (κ2) is 4.70. The lowest BCUT2D eigenvalue weighted by Crippen LogP contribution is -2.34. The average molecular weight is 229 g/mol. The summed E-state index contributed by atoms with van der Waals surface area (Å²) in [7, 11) is 1.81. The highest BCUT2D eigenvalue weighted by atomic mass is 32.1. The molecule has 0 aliphatic carbocycles. The Morgan fingerprint density at radius 2 is 2.14 bits per heavy atom. The molecule has 0 aromatic carbocycles. The molecule has 5 heteroatoms. The van der Waals surface area contributed by atoms with Gasteiger partial charge in [-0.3, -0.25) is 0 Å². The Balaban J connectivity index is 2.73. The van der Waals surface area contributed by atoms with Gasteiger partial charge in [-0.05, 0) is 33.0 Å². The highest BCUT2D eigenvalue weighted by molar-refractivity contribution is 7.80. The molecular weight excluding hydrogens is 214 g/mol. The summed E-state index contributed by atoms with van der Waals surface area (Å²) in [5.41, 5.74) is 1.09. The molecule has 0 aliphatic heterocycles. The lowest BCUT2D eigenvalue weighted by Gasteiger charge is -2.14. The van der Waals surface area contributed by atoms with E-state index in [1.807, 2.05) is 20.9 Å². The van der Waals surface area contributed by atoms with Gasteiger partial charge >= 0.3 is 0 Å². The monoisotopic (exact) mass is 229 g/mol. The van der Waals surface area contributed by atoms with E-state index in [1.54, 1.807) is 11.3 Å². The van der Waals surface area contributed by atoms with Gasteiger partial charge in [0.2, 0.25) is 0 Å². The van der Waals surface area contributed by atoms with Crippen LogP contribution in [0.25, 0.3) is 0 Å². The number of aryl methyl sites for hydroxylation is 2. The van der Waals surface area contributed by atoms with E-state index in [2.05, 4.69) is 22.5 Å². The molecule has 78 valence electrons. The van der Waals surface area contributed by atoms with E-state index in [4.69, 9.17) is 12.2 Å². The number of rotatable bonds is 2. The number of thiazole rings is 1. The van der Waals surface area contributed by atoms with Crippen LogP contribution in [0.4, 0.5) is 0 Å². The Morgan fingerprint density at radius 3 is 2.57 bits per heavy atom. The van der Waals surface area contributed by atoms with Gasteiger partial charge in [0.05, 0.1) is 16.7 Å². The minimum atomic E-state index is 0.223. The molecule has 1 aromatic rings. The van der Waals surface area contributed by atoms with Crippen molar-refractivity contribution in [3.8, 4) is 0 Å². The molecule has 0 unspecified atom stereocenters. The molecule has 0 saturated heterocycles. The van der Waals surface area contributed by atoms with Crippen molar-refractivity contribution < 1.29 is 0 Å². The number of nitrogens with one attached hydrogen (secondary N) is 2. The summed E-state index contributed by atoms with van der Waals surface area (Å²) < 4.78 is 0. The van der Waals surface area contributed by atoms with Crippen molar-refractivity contribution >= 4 is 28.7 Å². The predicted molar refractivity (Wildman–Crippen MR) is 64.8 cm³/mol. The van der Waals surface area contributed by atoms with Crippen LogP contribution < -0.4 is 10.6 Å². The number of aromatic nitrogens is 1. The second-order valence-electron chi connectivity index (χ2n) is 3.13.